The lowest BCUT2D eigenvalue weighted by atomic mass is 10.1. The number of hydrogen-bond donors (Lipinski definition) is 2. The van der Waals surface area contributed by atoms with Crippen LogP contribution in [0.3, 0.4) is 0 Å². The van der Waals surface area contributed by atoms with Crippen LogP contribution < -0.4 is 11.1 Å². The molecule has 0 spiro atoms. The van der Waals surface area contributed by atoms with Crippen LogP contribution in [0.25, 0.3) is 11.0 Å². The highest BCUT2D eigenvalue weighted by molar-refractivity contribution is 7.17. The monoisotopic (exact) mass is 384 g/mol. The molecule has 3 aromatic rings. The molecule has 2 heterocycles. The van der Waals surface area contributed by atoms with Crippen molar-refractivity contribution in [3.63, 3.8) is 0 Å². The molecule has 4 rings (SSSR count). The lowest BCUT2D eigenvalue weighted by molar-refractivity contribution is -0.119. The fraction of sp³-hybridized carbons (Fsp3) is 0.211. The van der Waals surface area contributed by atoms with Gasteiger partial charge < -0.3 is 20.2 Å². The number of hydrogen-bond acceptors (Lipinski definition) is 6. The second-order valence-corrected chi connectivity index (χ2v) is 7.30. The number of fused-ring (bicyclic) bond motifs is 2. The summed E-state index contributed by atoms with van der Waals surface area (Å²) in [6.07, 6.45) is 2.63. The topological polar surface area (TPSA) is 112 Å². The summed E-state index contributed by atoms with van der Waals surface area (Å²) in [6, 6.07) is 8.73. The number of rotatable bonds is 5. The van der Waals surface area contributed by atoms with Crippen LogP contribution in [0, 0.1) is 0 Å². The van der Waals surface area contributed by atoms with E-state index in [1.54, 1.807) is 18.2 Å². The van der Waals surface area contributed by atoms with Gasteiger partial charge in [0.25, 0.3) is 11.8 Å². The number of furan rings is 1. The van der Waals surface area contributed by atoms with Gasteiger partial charge in [0.15, 0.2) is 6.61 Å². The molecule has 2 aromatic heterocycles. The van der Waals surface area contributed by atoms with Crippen LogP contribution in [0.5, 0.6) is 0 Å². The Bertz CT molecular complexity index is 1030. The molecule has 7 nitrogen and oxygen atoms in total. The Morgan fingerprint density at radius 1 is 1.22 bits per heavy atom. The van der Waals surface area contributed by atoms with Crippen molar-refractivity contribution in [3.8, 4) is 0 Å². The summed E-state index contributed by atoms with van der Waals surface area (Å²) in [7, 11) is 0. The lowest BCUT2D eigenvalue weighted by Gasteiger charge is -2.06. The zero-order valence-electron chi connectivity index (χ0n) is 14.2. The largest absolute Gasteiger partial charge is 0.450 e. The number of esters is 1. The average molecular weight is 384 g/mol. The molecule has 0 fully saturated rings. The van der Waals surface area contributed by atoms with Crippen molar-refractivity contribution < 1.29 is 23.5 Å². The molecule has 0 aliphatic heterocycles. The summed E-state index contributed by atoms with van der Waals surface area (Å²) in [5, 5.41) is 3.81. The van der Waals surface area contributed by atoms with Crippen molar-refractivity contribution in [1.29, 1.82) is 0 Å². The maximum absolute atomic E-state index is 12.2. The molecule has 8 heteroatoms. The number of para-hydroxylation sites is 1. The third kappa shape index (κ3) is 3.31. The lowest BCUT2D eigenvalue weighted by Crippen LogP contribution is -2.22. The fourth-order valence-corrected chi connectivity index (χ4v) is 4.51. The summed E-state index contributed by atoms with van der Waals surface area (Å²) in [4.78, 5) is 37.1. The first-order valence-corrected chi connectivity index (χ1v) is 9.24. The van der Waals surface area contributed by atoms with Crippen molar-refractivity contribution in [1.82, 2.24) is 0 Å². The van der Waals surface area contributed by atoms with Crippen molar-refractivity contribution in [2.45, 2.75) is 19.3 Å². The number of ether oxygens (including phenoxy) is 1. The van der Waals surface area contributed by atoms with Gasteiger partial charge in [0.05, 0.1) is 5.56 Å². The summed E-state index contributed by atoms with van der Waals surface area (Å²) in [5.74, 6) is -1.81. The van der Waals surface area contributed by atoms with E-state index in [1.807, 2.05) is 12.1 Å². The minimum absolute atomic E-state index is 0.0249. The predicted octanol–water partition coefficient (Wildman–Crippen LogP) is 2.88. The van der Waals surface area contributed by atoms with E-state index in [1.165, 1.54) is 11.3 Å². The number of anilines is 1. The number of aryl methyl sites for hydroxylation is 1. The first-order chi connectivity index (χ1) is 13.0. The maximum atomic E-state index is 12.2. The van der Waals surface area contributed by atoms with Crippen LogP contribution in [0.4, 0.5) is 5.00 Å². The van der Waals surface area contributed by atoms with Gasteiger partial charge in [0, 0.05) is 10.3 Å². The smallest absolute Gasteiger partial charge is 0.374 e. The summed E-state index contributed by atoms with van der Waals surface area (Å²) >= 11 is 1.35. The molecule has 1 aliphatic rings. The van der Waals surface area contributed by atoms with Crippen LogP contribution >= 0.6 is 11.3 Å². The number of primary amides is 1. The van der Waals surface area contributed by atoms with Crippen LogP contribution in [0.15, 0.2) is 34.7 Å². The third-order valence-electron chi connectivity index (χ3n) is 4.38. The molecule has 27 heavy (non-hydrogen) atoms. The second kappa shape index (κ2) is 6.88. The summed E-state index contributed by atoms with van der Waals surface area (Å²) in [5.41, 5.74) is 7.31. The first-order valence-electron chi connectivity index (χ1n) is 8.43. The Labute approximate surface area is 158 Å². The molecule has 0 bridgehead atoms. The number of nitrogens with one attached hydrogen (secondary N) is 1. The standard InChI is InChI=1S/C19H16N2O5S/c20-17(23)16-11-5-3-7-14(11)27-18(16)21-15(22)9-25-19(24)13-8-10-4-1-2-6-12(10)26-13/h1-2,4,6,8H,3,5,7,9H2,(H2,20,23)(H,21,22). The molecular weight excluding hydrogens is 368 g/mol. The quantitative estimate of drug-likeness (QED) is 0.657. The second-order valence-electron chi connectivity index (χ2n) is 6.20. The molecule has 0 saturated heterocycles. The van der Waals surface area contributed by atoms with Crippen LogP contribution in [-0.2, 0) is 22.4 Å². The van der Waals surface area contributed by atoms with E-state index in [4.69, 9.17) is 14.9 Å². The van der Waals surface area contributed by atoms with Gasteiger partial charge in [-0.15, -0.1) is 11.3 Å². The van der Waals surface area contributed by atoms with Gasteiger partial charge in [-0.05, 0) is 37.0 Å². The van der Waals surface area contributed by atoms with Gasteiger partial charge in [0.2, 0.25) is 5.76 Å². The zero-order valence-corrected chi connectivity index (χ0v) is 15.1. The average Bonchev–Trinajstić information content (AvgIpc) is 3.32. The maximum Gasteiger partial charge on any atom is 0.374 e. The van der Waals surface area contributed by atoms with Gasteiger partial charge in [-0.2, -0.15) is 0 Å². The van der Waals surface area contributed by atoms with E-state index < -0.39 is 24.4 Å². The number of carbonyl (C=O) groups excluding carboxylic acids is 3. The Morgan fingerprint density at radius 2 is 2.04 bits per heavy atom. The third-order valence-corrected chi connectivity index (χ3v) is 5.59. The highest BCUT2D eigenvalue weighted by Crippen LogP contribution is 2.38. The van der Waals surface area contributed by atoms with Crippen molar-refractivity contribution in [3.05, 3.63) is 52.1 Å². The molecule has 2 amide bonds. The van der Waals surface area contributed by atoms with Crippen LogP contribution in [-0.4, -0.2) is 24.4 Å². The zero-order chi connectivity index (χ0) is 19.0. The van der Waals surface area contributed by atoms with Gasteiger partial charge in [-0.25, -0.2) is 4.79 Å². The van der Waals surface area contributed by atoms with Gasteiger partial charge in [-0.1, -0.05) is 18.2 Å². The van der Waals surface area contributed by atoms with E-state index in [9.17, 15) is 14.4 Å². The molecule has 1 aliphatic carbocycles. The first kappa shape index (κ1) is 17.3. The highest BCUT2D eigenvalue weighted by atomic mass is 32.1. The van der Waals surface area contributed by atoms with Gasteiger partial charge in [-0.3, -0.25) is 9.59 Å². The minimum Gasteiger partial charge on any atom is -0.450 e. The Balaban J connectivity index is 1.41. The Kier molecular flexibility index (Phi) is 4.41. The molecule has 0 radical (unpaired) electrons. The number of nitrogens with two attached hydrogens (primary N) is 1. The van der Waals surface area contributed by atoms with E-state index in [0.717, 1.165) is 35.1 Å². The highest BCUT2D eigenvalue weighted by Gasteiger charge is 2.26. The molecular formula is C19H16N2O5S. The van der Waals surface area contributed by atoms with Crippen molar-refractivity contribution in [2.24, 2.45) is 5.73 Å². The summed E-state index contributed by atoms with van der Waals surface area (Å²) in [6.45, 7) is -0.489. The molecule has 0 atom stereocenters. The van der Waals surface area contributed by atoms with Crippen molar-refractivity contribution >= 4 is 45.1 Å². The summed E-state index contributed by atoms with van der Waals surface area (Å²) < 4.78 is 10.4. The molecule has 0 saturated carbocycles. The van der Waals surface area contributed by atoms with Gasteiger partial charge in [0.1, 0.15) is 10.6 Å². The molecule has 1 aromatic carbocycles. The normalized spacial score (nSPS) is 12.7. The predicted molar refractivity (Wildman–Crippen MR) is 100.0 cm³/mol. The Hall–Kier alpha value is -3.13. The van der Waals surface area contributed by atoms with E-state index in [0.29, 0.717) is 16.1 Å². The Morgan fingerprint density at radius 3 is 2.81 bits per heavy atom. The number of benzene rings is 1. The number of carbonyl (C=O) groups is 3. The molecule has 138 valence electrons. The number of amides is 2. The van der Waals surface area contributed by atoms with Crippen LogP contribution in [0.1, 0.15) is 37.8 Å². The van der Waals surface area contributed by atoms with E-state index in [-0.39, 0.29) is 5.76 Å². The van der Waals surface area contributed by atoms with Crippen molar-refractivity contribution in [2.75, 3.05) is 11.9 Å². The SMILES string of the molecule is NC(=O)c1c(NC(=O)COC(=O)c2cc3ccccc3o2)sc2c1CCC2. The van der Waals surface area contributed by atoms with E-state index >= 15 is 0 Å². The number of thiophene rings is 1. The van der Waals surface area contributed by atoms with Gasteiger partial charge >= 0.3 is 5.97 Å². The fourth-order valence-electron chi connectivity index (χ4n) is 3.20. The van der Waals surface area contributed by atoms with E-state index in [2.05, 4.69) is 5.32 Å². The molecule has 0 unspecified atom stereocenters. The minimum atomic E-state index is -0.731. The molecule has 3 N–H and O–H groups in total. The van der Waals surface area contributed by atoms with Crippen LogP contribution in [0.2, 0.25) is 0 Å².